The molecule has 1 rings (SSSR count). The molecular weight excluding hydrogens is 322 g/mol. The van der Waals surface area contributed by atoms with Crippen molar-refractivity contribution in [1.82, 2.24) is 0 Å². The van der Waals surface area contributed by atoms with Crippen LogP contribution in [0.2, 0.25) is 0 Å². The number of alkyl halides is 1. The maximum absolute atomic E-state index is 12.3. The lowest BCUT2D eigenvalue weighted by atomic mass is 10.1. The summed E-state index contributed by atoms with van der Waals surface area (Å²) < 4.78 is 15.1. The number of hydrogen-bond donors (Lipinski definition) is 0. The Kier molecular flexibility index (Phi) is 8.26. The Balaban J connectivity index is 3.24. The average molecular weight is 344 g/mol. The molecule has 1 aromatic rings. The fourth-order valence-electron chi connectivity index (χ4n) is 2.02. The van der Waals surface area contributed by atoms with Gasteiger partial charge in [0.1, 0.15) is 5.75 Å². The van der Waals surface area contributed by atoms with Crippen LogP contribution in [0.15, 0.2) is 18.2 Å². The standard InChI is InChI=1S/C16H22ClNO5/c1-4-23-16(20)18(10-6-5-9-17)14-11-12(21-2)7-8-13(14)15(19)22-3/h7-8,11H,4-6,9-10H2,1-3H3. The predicted octanol–water partition coefficient (Wildman–Crippen LogP) is 3.46. The molecule has 0 saturated carbocycles. The molecule has 0 N–H and O–H groups in total. The molecule has 7 heteroatoms. The Morgan fingerprint density at radius 1 is 1.22 bits per heavy atom. The highest BCUT2D eigenvalue weighted by atomic mass is 35.5. The van der Waals surface area contributed by atoms with Crippen molar-refractivity contribution in [3.63, 3.8) is 0 Å². The van der Waals surface area contributed by atoms with Gasteiger partial charge in [0.2, 0.25) is 0 Å². The van der Waals surface area contributed by atoms with Gasteiger partial charge in [-0.2, -0.15) is 0 Å². The zero-order chi connectivity index (χ0) is 17.2. The third-order valence-electron chi connectivity index (χ3n) is 3.15. The van der Waals surface area contributed by atoms with E-state index in [1.54, 1.807) is 25.1 Å². The first-order valence-electron chi connectivity index (χ1n) is 7.35. The predicted molar refractivity (Wildman–Crippen MR) is 88.7 cm³/mol. The number of methoxy groups -OCH3 is 2. The molecule has 0 atom stereocenters. The Hall–Kier alpha value is -1.95. The summed E-state index contributed by atoms with van der Waals surface area (Å²) in [5, 5.41) is 0. The van der Waals surface area contributed by atoms with Gasteiger partial charge in [-0.15, -0.1) is 11.6 Å². The number of unbranched alkanes of at least 4 members (excludes halogenated alkanes) is 1. The number of amides is 1. The molecule has 0 aliphatic heterocycles. The molecule has 1 amide bonds. The topological polar surface area (TPSA) is 65.1 Å². The smallest absolute Gasteiger partial charge is 0.414 e. The van der Waals surface area contributed by atoms with Crippen LogP contribution >= 0.6 is 11.6 Å². The lowest BCUT2D eigenvalue weighted by molar-refractivity contribution is 0.0601. The second kappa shape index (κ2) is 9.94. The Morgan fingerprint density at radius 3 is 2.52 bits per heavy atom. The van der Waals surface area contributed by atoms with Crippen molar-refractivity contribution in [1.29, 1.82) is 0 Å². The van der Waals surface area contributed by atoms with Gasteiger partial charge in [0.15, 0.2) is 0 Å². The summed E-state index contributed by atoms with van der Waals surface area (Å²) in [7, 11) is 2.80. The summed E-state index contributed by atoms with van der Waals surface area (Å²) in [6.07, 6.45) is 0.898. The van der Waals surface area contributed by atoms with E-state index >= 15 is 0 Å². The number of halogens is 1. The number of ether oxygens (including phenoxy) is 3. The van der Waals surface area contributed by atoms with Crippen molar-refractivity contribution < 1.29 is 23.8 Å². The van der Waals surface area contributed by atoms with E-state index in [2.05, 4.69) is 0 Å². The van der Waals surface area contributed by atoms with Crippen molar-refractivity contribution in [3.8, 4) is 5.75 Å². The van der Waals surface area contributed by atoms with Gasteiger partial charge in [0.05, 0.1) is 32.1 Å². The van der Waals surface area contributed by atoms with Crippen LogP contribution in [-0.4, -0.2) is 45.3 Å². The quantitative estimate of drug-likeness (QED) is 0.411. The van der Waals surface area contributed by atoms with Gasteiger partial charge in [0, 0.05) is 18.5 Å². The molecule has 128 valence electrons. The molecule has 0 spiro atoms. The molecule has 0 bridgehead atoms. The first kappa shape index (κ1) is 19.1. The monoisotopic (exact) mass is 343 g/mol. The van der Waals surface area contributed by atoms with Gasteiger partial charge in [-0.05, 0) is 31.9 Å². The third kappa shape index (κ3) is 5.32. The van der Waals surface area contributed by atoms with Crippen LogP contribution in [0.5, 0.6) is 5.75 Å². The molecule has 0 unspecified atom stereocenters. The van der Waals surface area contributed by atoms with Crippen molar-refractivity contribution in [2.24, 2.45) is 0 Å². The first-order valence-corrected chi connectivity index (χ1v) is 7.89. The molecule has 0 aliphatic rings. The Bertz CT molecular complexity index is 535. The molecule has 0 fully saturated rings. The van der Waals surface area contributed by atoms with E-state index in [1.165, 1.54) is 19.1 Å². The second-order valence-electron chi connectivity index (χ2n) is 4.62. The highest BCUT2D eigenvalue weighted by molar-refractivity contribution is 6.17. The average Bonchev–Trinajstić information content (AvgIpc) is 2.57. The van der Waals surface area contributed by atoms with Crippen LogP contribution in [0.3, 0.4) is 0 Å². The molecule has 6 nitrogen and oxygen atoms in total. The first-order chi connectivity index (χ1) is 11.1. The number of esters is 1. The normalized spacial score (nSPS) is 10.1. The van der Waals surface area contributed by atoms with Gasteiger partial charge in [-0.1, -0.05) is 0 Å². The van der Waals surface area contributed by atoms with Crippen molar-refractivity contribution in [3.05, 3.63) is 23.8 Å². The summed E-state index contributed by atoms with van der Waals surface area (Å²) in [6.45, 7) is 2.34. The SMILES string of the molecule is CCOC(=O)N(CCCCCl)c1cc(OC)ccc1C(=O)OC. The zero-order valence-electron chi connectivity index (χ0n) is 13.6. The van der Waals surface area contributed by atoms with Gasteiger partial charge in [0.25, 0.3) is 0 Å². The molecule has 0 aromatic heterocycles. The van der Waals surface area contributed by atoms with Crippen molar-refractivity contribution in [2.45, 2.75) is 19.8 Å². The molecule has 0 heterocycles. The van der Waals surface area contributed by atoms with Crippen LogP contribution in [0.4, 0.5) is 10.5 Å². The lowest BCUT2D eigenvalue weighted by Gasteiger charge is -2.24. The van der Waals surface area contributed by atoms with Crippen LogP contribution in [0.1, 0.15) is 30.1 Å². The summed E-state index contributed by atoms with van der Waals surface area (Å²) >= 11 is 5.69. The van der Waals surface area contributed by atoms with Gasteiger partial charge in [-0.3, -0.25) is 4.90 Å². The van der Waals surface area contributed by atoms with E-state index in [0.29, 0.717) is 30.3 Å². The highest BCUT2D eigenvalue weighted by Gasteiger charge is 2.23. The van der Waals surface area contributed by atoms with Crippen LogP contribution in [0, 0.1) is 0 Å². The summed E-state index contributed by atoms with van der Waals surface area (Å²) in [4.78, 5) is 25.7. The van der Waals surface area contributed by atoms with Crippen LogP contribution < -0.4 is 9.64 Å². The molecule has 0 saturated heterocycles. The van der Waals surface area contributed by atoms with E-state index < -0.39 is 12.1 Å². The van der Waals surface area contributed by atoms with E-state index in [4.69, 9.17) is 25.8 Å². The van der Waals surface area contributed by atoms with E-state index in [-0.39, 0.29) is 12.2 Å². The second-order valence-corrected chi connectivity index (χ2v) is 5.00. The Morgan fingerprint density at radius 2 is 1.96 bits per heavy atom. The van der Waals surface area contributed by atoms with E-state index in [0.717, 1.165) is 6.42 Å². The van der Waals surface area contributed by atoms with Crippen LogP contribution in [-0.2, 0) is 9.47 Å². The number of nitrogens with zero attached hydrogens (tertiary/aromatic N) is 1. The summed E-state index contributed by atoms with van der Waals surface area (Å²) in [5.74, 6) is 0.493. The zero-order valence-corrected chi connectivity index (χ0v) is 14.4. The maximum Gasteiger partial charge on any atom is 0.414 e. The number of carbonyl (C=O) groups excluding carboxylic acids is 2. The fraction of sp³-hybridized carbons (Fsp3) is 0.500. The minimum Gasteiger partial charge on any atom is -0.497 e. The van der Waals surface area contributed by atoms with Gasteiger partial charge >= 0.3 is 12.1 Å². The number of benzene rings is 1. The minimum absolute atomic E-state index is 0.238. The number of anilines is 1. The van der Waals surface area contributed by atoms with Crippen LogP contribution in [0.25, 0.3) is 0 Å². The molecule has 1 aromatic carbocycles. The molecule has 0 aliphatic carbocycles. The number of carbonyl (C=O) groups is 2. The Labute approximate surface area is 141 Å². The molecule has 23 heavy (non-hydrogen) atoms. The van der Waals surface area contributed by atoms with Gasteiger partial charge < -0.3 is 14.2 Å². The van der Waals surface area contributed by atoms with Crippen molar-refractivity contribution in [2.75, 3.05) is 38.2 Å². The van der Waals surface area contributed by atoms with E-state index in [9.17, 15) is 9.59 Å². The van der Waals surface area contributed by atoms with Gasteiger partial charge in [-0.25, -0.2) is 9.59 Å². The minimum atomic E-state index is -0.533. The highest BCUT2D eigenvalue weighted by Crippen LogP contribution is 2.28. The summed E-state index contributed by atoms with van der Waals surface area (Å²) in [6, 6.07) is 4.81. The van der Waals surface area contributed by atoms with Crippen molar-refractivity contribution >= 4 is 29.4 Å². The molecular formula is C16H22ClNO5. The summed E-state index contributed by atoms with van der Waals surface area (Å²) in [5.41, 5.74) is 0.663. The largest absolute Gasteiger partial charge is 0.497 e. The lowest BCUT2D eigenvalue weighted by Crippen LogP contribution is -2.34. The van der Waals surface area contributed by atoms with E-state index in [1.807, 2.05) is 0 Å². The maximum atomic E-state index is 12.3. The third-order valence-corrected chi connectivity index (χ3v) is 3.42. The molecule has 0 radical (unpaired) electrons. The fourth-order valence-corrected chi connectivity index (χ4v) is 2.21. The number of hydrogen-bond acceptors (Lipinski definition) is 5. The number of rotatable bonds is 8.